The fourth-order valence-corrected chi connectivity index (χ4v) is 10.1. The molecule has 0 fully saturated rings. The second-order valence-corrected chi connectivity index (χ2v) is 14.5. The molecule has 0 saturated heterocycles. The van der Waals surface area contributed by atoms with Gasteiger partial charge in [-0.3, -0.25) is 0 Å². The topological polar surface area (TPSA) is 23.8 Å². The van der Waals surface area contributed by atoms with E-state index in [1.54, 1.807) is 0 Å². The number of benzene rings is 8. The van der Waals surface area contributed by atoms with Crippen molar-refractivity contribution in [2.24, 2.45) is 0 Å². The summed E-state index contributed by atoms with van der Waals surface area (Å²) in [6, 6.07) is 55.1. The van der Waals surface area contributed by atoms with Crippen molar-refractivity contribution in [2.75, 3.05) is 0 Å². The van der Waals surface area contributed by atoms with Gasteiger partial charge in [-0.2, -0.15) is 5.26 Å². The highest BCUT2D eigenvalue weighted by Gasteiger charge is 2.34. The summed E-state index contributed by atoms with van der Waals surface area (Å²) in [5, 5.41) is 20.1. The summed E-state index contributed by atoms with van der Waals surface area (Å²) in [5.41, 5.74) is 11.2. The van der Waals surface area contributed by atoms with Crippen LogP contribution in [0.15, 0.2) is 163 Å². The van der Waals surface area contributed by atoms with E-state index in [2.05, 4.69) is 152 Å². The Morgan fingerprint density at radius 1 is 0.500 bits per heavy atom. The summed E-state index contributed by atoms with van der Waals surface area (Å²) in [6.07, 6.45) is 6.93. The molecule has 0 spiro atoms. The maximum absolute atomic E-state index is 10.3. The molecule has 1 unspecified atom stereocenters. The van der Waals surface area contributed by atoms with E-state index in [9.17, 15) is 5.26 Å². The molecule has 1 atom stereocenters. The van der Waals surface area contributed by atoms with Crippen molar-refractivity contribution in [1.82, 2.24) is 0 Å². The number of nitrogens with zero attached hydrogens (tertiary/aromatic N) is 1. The average molecular weight is 654 g/mol. The molecule has 1 heterocycles. The number of nitriles is 1. The number of allylic oxidation sites excluding steroid dienone is 3. The molecule has 2 aliphatic rings. The molecule has 8 aromatic carbocycles. The molecule has 0 radical (unpaired) electrons. The third kappa shape index (κ3) is 4.27. The van der Waals surface area contributed by atoms with Crippen LogP contribution >= 0.6 is 11.8 Å². The predicted octanol–water partition coefficient (Wildman–Crippen LogP) is 13.2. The molecule has 2 heteroatoms. The maximum Gasteiger partial charge on any atom is 0.100 e. The van der Waals surface area contributed by atoms with Gasteiger partial charge in [-0.25, -0.2) is 0 Å². The molecular formula is C48H31NS. The maximum atomic E-state index is 10.3. The number of fused-ring (bicyclic) bond motifs is 7. The molecule has 0 saturated carbocycles. The Morgan fingerprint density at radius 3 is 1.58 bits per heavy atom. The number of thioether (sulfide) groups is 1. The Morgan fingerprint density at radius 2 is 1.00 bits per heavy atom. The standard InChI is InChI=1S/C48H31NS/c49-29-42-31-17-4-6-19-33(31)46(34-20-7-5-18-32(34)42)40-26-14-27-41-47-39(25-12-13-28-43(47)50-48(40)41)45-37-23-10-8-21-35(37)44(30-15-2-1-3-16-30)36-22-9-11-24-38(36)45/h1-12,14-27,43H,13,28H2. The smallest absolute Gasteiger partial charge is 0.100 e. The van der Waals surface area contributed by atoms with Crippen LogP contribution in [0.4, 0.5) is 0 Å². The largest absolute Gasteiger partial charge is 0.192 e. The molecule has 1 nitrogen and oxygen atoms in total. The van der Waals surface area contributed by atoms with Crippen LogP contribution in [0.25, 0.3) is 76.5 Å². The summed E-state index contributed by atoms with van der Waals surface area (Å²) in [7, 11) is 0. The SMILES string of the molecule is N#Cc1c2ccccc2c(-c2cccc3c2SC2CCC=CC(c4c5ccccc5c(-c5ccccc5)c5ccccc45)=C32)c2ccccc12. The second kappa shape index (κ2) is 11.6. The predicted molar refractivity (Wildman–Crippen MR) is 213 cm³/mol. The first-order valence-corrected chi connectivity index (χ1v) is 18.2. The van der Waals surface area contributed by atoms with Crippen LogP contribution < -0.4 is 0 Å². The summed E-state index contributed by atoms with van der Waals surface area (Å²) in [5.74, 6) is 0. The summed E-state index contributed by atoms with van der Waals surface area (Å²) < 4.78 is 0. The fraction of sp³-hybridized carbons (Fsp3) is 0.0625. The Bertz CT molecular complexity index is 2680. The minimum atomic E-state index is 0.332. The van der Waals surface area contributed by atoms with Crippen molar-refractivity contribution < 1.29 is 0 Å². The highest BCUT2D eigenvalue weighted by atomic mass is 32.2. The van der Waals surface area contributed by atoms with Crippen LogP contribution in [0.3, 0.4) is 0 Å². The molecule has 0 aromatic heterocycles. The lowest BCUT2D eigenvalue weighted by Gasteiger charge is -2.20. The van der Waals surface area contributed by atoms with Gasteiger partial charge in [0.05, 0.1) is 5.56 Å². The monoisotopic (exact) mass is 653 g/mol. The molecule has 0 N–H and O–H groups in total. The van der Waals surface area contributed by atoms with Crippen molar-refractivity contribution in [3.8, 4) is 28.3 Å². The van der Waals surface area contributed by atoms with E-state index in [4.69, 9.17) is 0 Å². The Kier molecular flexibility index (Phi) is 6.76. The average Bonchev–Trinajstić information content (AvgIpc) is 3.42. The molecule has 0 bridgehead atoms. The first-order valence-electron chi connectivity index (χ1n) is 17.4. The highest BCUT2D eigenvalue weighted by molar-refractivity contribution is 8.01. The lowest BCUT2D eigenvalue weighted by atomic mass is 9.82. The summed E-state index contributed by atoms with van der Waals surface area (Å²) in [6.45, 7) is 0. The van der Waals surface area contributed by atoms with E-state index < -0.39 is 0 Å². The minimum Gasteiger partial charge on any atom is -0.192 e. The van der Waals surface area contributed by atoms with Gasteiger partial charge in [0.2, 0.25) is 0 Å². The lowest BCUT2D eigenvalue weighted by molar-refractivity contribution is 0.907. The number of hydrogen-bond acceptors (Lipinski definition) is 2. The van der Waals surface area contributed by atoms with Gasteiger partial charge in [-0.15, -0.1) is 11.8 Å². The molecular weight excluding hydrogens is 623 g/mol. The third-order valence-corrected chi connectivity index (χ3v) is 12.1. The van der Waals surface area contributed by atoms with Gasteiger partial charge in [-0.05, 0) is 89.7 Å². The van der Waals surface area contributed by atoms with E-state index in [-0.39, 0.29) is 0 Å². The van der Waals surface area contributed by atoms with Crippen molar-refractivity contribution in [2.45, 2.75) is 23.0 Å². The third-order valence-electron chi connectivity index (χ3n) is 10.6. The van der Waals surface area contributed by atoms with E-state index >= 15 is 0 Å². The Hall–Kier alpha value is -5.88. The lowest BCUT2D eigenvalue weighted by Crippen LogP contribution is -2.02. The molecule has 50 heavy (non-hydrogen) atoms. The van der Waals surface area contributed by atoms with Crippen molar-refractivity contribution in [3.05, 3.63) is 174 Å². The molecule has 10 rings (SSSR count). The van der Waals surface area contributed by atoms with Gasteiger partial charge in [0.1, 0.15) is 6.07 Å². The van der Waals surface area contributed by atoms with Crippen LogP contribution in [0.5, 0.6) is 0 Å². The van der Waals surface area contributed by atoms with Gasteiger partial charge < -0.3 is 0 Å². The van der Waals surface area contributed by atoms with E-state index in [1.165, 1.54) is 71.0 Å². The summed E-state index contributed by atoms with van der Waals surface area (Å²) >= 11 is 2.03. The normalized spacial score (nSPS) is 15.4. The molecule has 1 aliphatic heterocycles. The molecule has 0 amide bonds. The Labute approximate surface area is 295 Å². The van der Waals surface area contributed by atoms with Crippen LogP contribution in [-0.4, -0.2) is 5.25 Å². The molecule has 8 aromatic rings. The zero-order chi connectivity index (χ0) is 33.2. The molecule has 234 valence electrons. The first-order chi connectivity index (χ1) is 24.8. The zero-order valence-corrected chi connectivity index (χ0v) is 28.2. The quantitative estimate of drug-likeness (QED) is 0.177. The van der Waals surface area contributed by atoms with Crippen LogP contribution in [0.1, 0.15) is 29.5 Å². The number of hydrogen-bond donors (Lipinski definition) is 0. The minimum absolute atomic E-state index is 0.332. The van der Waals surface area contributed by atoms with Crippen molar-refractivity contribution in [3.63, 3.8) is 0 Å². The summed E-state index contributed by atoms with van der Waals surface area (Å²) in [4.78, 5) is 1.34. The van der Waals surface area contributed by atoms with E-state index in [0.29, 0.717) is 5.25 Å². The first kappa shape index (κ1) is 29.1. The zero-order valence-electron chi connectivity index (χ0n) is 27.4. The second-order valence-electron chi connectivity index (χ2n) is 13.3. The number of rotatable bonds is 3. The molecule has 1 aliphatic carbocycles. The van der Waals surface area contributed by atoms with Crippen molar-refractivity contribution >= 4 is 66.0 Å². The van der Waals surface area contributed by atoms with E-state index in [1.807, 2.05) is 23.9 Å². The van der Waals surface area contributed by atoms with Gasteiger partial charge in [0.15, 0.2) is 0 Å². The Balaban J connectivity index is 1.30. The van der Waals surface area contributed by atoms with Crippen LogP contribution in [0.2, 0.25) is 0 Å². The van der Waals surface area contributed by atoms with Crippen LogP contribution in [0, 0.1) is 11.3 Å². The van der Waals surface area contributed by atoms with Crippen molar-refractivity contribution in [1.29, 1.82) is 5.26 Å². The van der Waals surface area contributed by atoms with Gasteiger partial charge >= 0.3 is 0 Å². The fourth-order valence-electron chi connectivity index (χ4n) is 8.60. The van der Waals surface area contributed by atoms with Crippen LogP contribution in [-0.2, 0) is 0 Å². The van der Waals surface area contributed by atoms with Gasteiger partial charge in [0, 0.05) is 20.9 Å². The van der Waals surface area contributed by atoms with Gasteiger partial charge in [-0.1, -0.05) is 158 Å². The van der Waals surface area contributed by atoms with Gasteiger partial charge in [0.25, 0.3) is 0 Å². The van der Waals surface area contributed by atoms with E-state index in [0.717, 1.165) is 39.9 Å². The highest BCUT2D eigenvalue weighted by Crippen LogP contribution is 2.56.